The SMILES string of the molecule is CCNC(C)c1ccc(OCCCC#N)c(Cl)c1. The third-order valence-corrected chi connectivity index (χ3v) is 2.95. The van der Waals surface area contributed by atoms with Gasteiger partial charge >= 0.3 is 0 Å². The molecule has 1 atom stereocenters. The first-order valence-electron chi connectivity index (χ1n) is 6.21. The van der Waals surface area contributed by atoms with E-state index in [2.05, 4.69) is 25.2 Å². The normalized spacial score (nSPS) is 11.9. The molecule has 0 amide bonds. The van der Waals surface area contributed by atoms with Gasteiger partial charge in [-0.2, -0.15) is 5.26 Å². The minimum absolute atomic E-state index is 0.278. The van der Waals surface area contributed by atoms with E-state index < -0.39 is 0 Å². The molecule has 98 valence electrons. The van der Waals surface area contributed by atoms with Crippen LogP contribution in [0.25, 0.3) is 0 Å². The van der Waals surface area contributed by atoms with Crippen molar-refractivity contribution in [3.63, 3.8) is 0 Å². The highest BCUT2D eigenvalue weighted by molar-refractivity contribution is 6.32. The second-order valence-electron chi connectivity index (χ2n) is 4.08. The third-order valence-electron chi connectivity index (χ3n) is 2.66. The molecule has 1 aromatic carbocycles. The van der Waals surface area contributed by atoms with E-state index in [0.29, 0.717) is 23.8 Å². The zero-order valence-electron chi connectivity index (χ0n) is 10.9. The lowest BCUT2D eigenvalue weighted by molar-refractivity contribution is 0.312. The molecule has 0 fully saturated rings. The zero-order chi connectivity index (χ0) is 13.4. The molecule has 0 aliphatic rings. The number of rotatable bonds is 7. The van der Waals surface area contributed by atoms with Crippen molar-refractivity contribution in [3.05, 3.63) is 28.8 Å². The van der Waals surface area contributed by atoms with Gasteiger partial charge in [-0.25, -0.2) is 0 Å². The van der Waals surface area contributed by atoms with Crippen LogP contribution in [0.3, 0.4) is 0 Å². The van der Waals surface area contributed by atoms with Crippen LogP contribution in [0, 0.1) is 11.3 Å². The largest absolute Gasteiger partial charge is 0.492 e. The lowest BCUT2D eigenvalue weighted by Crippen LogP contribution is -2.17. The summed E-state index contributed by atoms with van der Waals surface area (Å²) in [5, 5.41) is 12.4. The van der Waals surface area contributed by atoms with Crippen molar-refractivity contribution >= 4 is 11.6 Å². The highest BCUT2D eigenvalue weighted by Crippen LogP contribution is 2.28. The Labute approximate surface area is 114 Å². The maximum atomic E-state index is 8.43. The lowest BCUT2D eigenvalue weighted by atomic mass is 10.1. The van der Waals surface area contributed by atoms with Crippen molar-refractivity contribution in [1.82, 2.24) is 5.32 Å². The summed E-state index contributed by atoms with van der Waals surface area (Å²) in [6.07, 6.45) is 1.23. The lowest BCUT2D eigenvalue weighted by Gasteiger charge is -2.14. The Kier molecular flexibility index (Phi) is 6.56. The fraction of sp³-hybridized carbons (Fsp3) is 0.500. The van der Waals surface area contributed by atoms with Crippen molar-refractivity contribution in [2.75, 3.05) is 13.2 Å². The predicted molar refractivity (Wildman–Crippen MR) is 73.9 cm³/mol. The fourth-order valence-corrected chi connectivity index (χ4v) is 1.90. The molecule has 3 nitrogen and oxygen atoms in total. The topological polar surface area (TPSA) is 45.0 Å². The van der Waals surface area contributed by atoms with Crippen molar-refractivity contribution in [1.29, 1.82) is 5.26 Å². The molecule has 0 saturated heterocycles. The van der Waals surface area contributed by atoms with Gasteiger partial charge in [-0.1, -0.05) is 24.6 Å². The molecule has 0 spiro atoms. The van der Waals surface area contributed by atoms with Crippen LogP contribution in [0.15, 0.2) is 18.2 Å². The number of benzene rings is 1. The summed E-state index contributed by atoms with van der Waals surface area (Å²) in [7, 11) is 0. The van der Waals surface area contributed by atoms with Crippen LogP contribution in [-0.4, -0.2) is 13.2 Å². The second-order valence-corrected chi connectivity index (χ2v) is 4.49. The molecule has 4 heteroatoms. The molecule has 1 aromatic rings. The first kappa shape index (κ1) is 14.8. The van der Waals surface area contributed by atoms with Gasteiger partial charge in [0.05, 0.1) is 17.7 Å². The number of unbranched alkanes of at least 4 members (excludes halogenated alkanes) is 1. The Morgan fingerprint density at radius 3 is 2.89 bits per heavy atom. The van der Waals surface area contributed by atoms with E-state index in [-0.39, 0.29) is 6.04 Å². The number of nitriles is 1. The van der Waals surface area contributed by atoms with Gasteiger partial charge in [-0.15, -0.1) is 0 Å². The summed E-state index contributed by atoms with van der Waals surface area (Å²) in [6.45, 7) is 5.62. The van der Waals surface area contributed by atoms with E-state index in [1.54, 1.807) is 0 Å². The molecule has 0 radical (unpaired) electrons. The molecule has 0 saturated carbocycles. The Morgan fingerprint density at radius 2 is 2.28 bits per heavy atom. The van der Waals surface area contributed by atoms with Crippen molar-refractivity contribution in [3.8, 4) is 11.8 Å². The molecular formula is C14H19ClN2O. The van der Waals surface area contributed by atoms with Gasteiger partial charge in [-0.05, 0) is 37.6 Å². The van der Waals surface area contributed by atoms with Crippen LogP contribution in [0.5, 0.6) is 5.75 Å². The molecule has 0 aliphatic carbocycles. The second kappa shape index (κ2) is 7.97. The smallest absolute Gasteiger partial charge is 0.137 e. The maximum Gasteiger partial charge on any atom is 0.137 e. The summed E-state index contributed by atoms with van der Waals surface area (Å²) in [5.74, 6) is 0.682. The van der Waals surface area contributed by atoms with Crippen LogP contribution in [0.1, 0.15) is 38.3 Å². The van der Waals surface area contributed by atoms with Crippen LogP contribution >= 0.6 is 11.6 Å². The highest BCUT2D eigenvalue weighted by Gasteiger charge is 2.07. The Balaban J connectivity index is 2.59. The van der Waals surface area contributed by atoms with Gasteiger partial charge in [0.1, 0.15) is 5.75 Å². The number of hydrogen-bond acceptors (Lipinski definition) is 3. The molecule has 0 aliphatic heterocycles. The average molecular weight is 267 g/mol. The Morgan fingerprint density at radius 1 is 1.50 bits per heavy atom. The standard InChI is InChI=1S/C14H19ClN2O/c1-3-17-11(2)12-6-7-14(13(15)10-12)18-9-5-4-8-16/h6-7,10-11,17H,3-5,9H2,1-2H3. The first-order valence-corrected chi connectivity index (χ1v) is 6.59. The number of ether oxygens (including phenoxy) is 1. The van der Waals surface area contributed by atoms with Crippen LogP contribution in [-0.2, 0) is 0 Å². The predicted octanol–water partition coefficient (Wildman–Crippen LogP) is 3.69. The van der Waals surface area contributed by atoms with Gasteiger partial charge in [0.15, 0.2) is 0 Å². The number of nitrogens with zero attached hydrogens (tertiary/aromatic N) is 1. The van der Waals surface area contributed by atoms with Gasteiger partial charge < -0.3 is 10.1 Å². The molecule has 1 rings (SSSR count). The van der Waals surface area contributed by atoms with E-state index in [9.17, 15) is 0 Å². The molecule has 1 N–H and O–H groups in total. The number of hydrogen-bond donors (Lipinski definition) is 1. The fourth-order valence-electron chi connectivity index (χ4n) is 1.66. The van der Waals surface area contributed by atoms with Crippen LogP contribution < -0.4 is 10.1 Å². The average Bonchev–Trinajstić information content (AvgIpc) is 2.36. The van der Waals surface area contributed by atoms with Crippen molar-refractivity contribution in [2.24, 2.45) is 0 Å². The van der Waals surface area contributed by atoms with E-state index in [0.717, 1.165) is 18.5 Å². The van der Waals surface area contributed by atoms with E-state index >= 15 is 0 Å². The van der Waals surface area contributed by atoms with Crippen molar-refractivity contribution in [2.45, 2.75) is 32.7 Å². The summed E-state index contributed by atoms with van der Waals surface area (Å²) >= 11 is 6.17. The molecule has 0 heterocycles. The Hall–Kier alpha value is -1.24. The summed E-state index contributed by atoms with van der Waals surface area (Å²) in [6, 6.07) is 8.19. The number of nitrogens with one attached hydrogen (secondary N) is 1. The zero-order valence-corrected chi connectivity index (χ0v) is 11.6. The van der Waals surface area contributed by atoms with E-state index in [1.165, 1.54) is 0 Å². The van der Waals surface area contributed by atoms with Gasteiger partial charge in [0.25, 0.3) is 0 Å². The van der Waals surface area contributed by atoms with Crippen LogP contribution in [0.2, 0.25) is 5.02 Å². The highest BCUT2D eigenvalue weighted by atomic mass is 35.5. The van der Waals surface area contributed by atoms with Gasteiger partial charge in [0, 0.05) is 12.5 Å². The molecular weight excluding hydrogens is 248 g/mol. The van der Waals surface area contributed by atoms with Gasteiger partial charge in [0.2, 0.25) is 0 Å². The third kappa shape index (κ3) is 4.56. The van der Waals surface area contributed by atoms with E-state index in [4.69, 9.17) is 21.6 Å². The monoisotopic (exact) mass is 266 g/mol. The number of halogens is 1. The summed E-state index contributed by atoms with van der Waals surface area (Å²) in [5.41, 5.74) is 1.14. The van der Waals surface area contributed by atoms with Crippen LogP contribution in [0.4, 0.5) is 0 Å². The Bertz CT molecular complexity index is 415. The molecule has 1 unspecified atom stereocenters. The molecule has 0 bridgehead atoms. The summed E-state index contributed by atoms with van der Waals surface area (Å²) < 4.78 is 5.53. The van der Waals surface area contributed by atoms with Gasteiger partial charge in [-0.3, -0.25) is 0 Å². The maximum absolute atomic E-state index is 8.43. The summed E-state index contributed by atoms with van der Waals surface area (Å²) in [4.78, 5) is 0. The van der Waals surface area contributed by atoms with E-state index in [1.807, 2.05) is 18.2 Å². The minimum atomic E-state index is 0.278. The quantitative estimate of drug-likeness (QED) is 0.766. The molecule has 18 heavy (non-hydrogen) atoms. The molecule has 0 aromatic heterocycles. The minimum Gasteiger partial charge on any atom is -0.492 e. The first-order chi connectivity index (χ1) is 8.69. The van der Waals surface area contributed by atoms with Crippen molar-refractivity contribution < 1.29 is 4.74 Å².